The number of amides is 3. The first-order valence-corrected chi connectivity index (χ1v) is 14.6. The van der Waals surface area contributed by atoms with Crippen LogP contribution in [0.25, 0.3) is 0 Å². The van der Waals surface area contributed by atoms with Crippen LogP contribution in [0.3, 0.4) is 0 Å². The van der Waals surface area contributed by atoms with Crippen molar-refractivity contribution in [2.45, 2.75) is 57.2 Å². The Morgan fingerprint density at radius 1 is 1.02 bits per heavy atom. The molecule has 0 spiro atoms. The van der Waals surface area contributed by atoms with E-state index in [1.165, 1.54) is 32.8 Å². The van der Waals surface area contributed by atoms with Crippen molar-refractivity contribution in [1.82, 2.24) is 20.4 Å². The molecule has 2 N–H and O–H groups in total. The van der Waals surface area contributed by atoms with Gasteiger partial charge in [-0.05, 0) is 74.8 Å². The normalized spacial score (nSPS) is 21.9. The largest absolute Gasteiger partial charge is 0.493 e. The molecule has 4 aliphatic rings. The molecule has 10 nitrogen and oxygen atoms in total. The number of fused-ring (bicyclic) bond motifs is 7. The quantitative estimate of drug-likeness (QED) is 0.575. The van der Waals surface area contributed by atoms with E-state index in [0.717, 1.165) is 31.6 Å². The van der Waals surface area contributed by atoms with E-state index in [2.05, 4.69) is 15.5 Å². The number of rotatable bonds is 5. The summed E-state index contributed by atoms with van der Waals surface area (Å²) in [5.41, 5.74) is 1.27. The van der Waals surface area contributed by atoms with E-state index in [1.54, 1.807) is 18.2 Å². The highest BCUT2D eigenvalue weighted by molar-refractivity contribution is 5.95. The van der Waals surface area contributed by atoms with Crippen molar-refractivity contribution in [2.75, 3.05) is 46.4 Å². The van der Waals surface area contributed by atoms with E-state index in [4.69, 9.17) is 14.2 Å². The topological polar surface area (TPSA) is 109 Å². The molecule has 0 aromatic heterocycles. The average Bonchev–Trinajstić information content (AvgIpc) is 3.19. The molecule has 6 rings (SSSR count). The van der Waals surface area contributed by atoms with E-state index in [0.29, 0.717) is 48.9 Å². The predicted molar refractivity (Wildman–Crippen MR) is 153 cm³/mol. The Hall–Kier alpha value is -3.79. The zero-order chi connectivity index (χ0) is 28.6. The lowest BCUT2D eigenvalue weighted by Crippen LogP contribution is -2.45. The number of nitrogens with zero attached hydrogens (tertiary/aromatic N) is 2. The maximum atomic E-state index is 13.4. The van der Waals surface area contributed by atoms with Crippen molar-refractivity contribution < 1.29 is 28.6 Å². The fraction of sp³-hybridized carbons (Fsp3) is 0.516. The highest BCUT2D eigenvalue weighted by atomic mass is 16.5. The van der Waals surface area contributed by atoms with Gasteiger partial charge in [-0.25, -0.2) is 0 Å². The van der Waals surface area contributed by atoms with Gasteiger partial charge in [0.1, 0.15) is 11.9 Å². The number of carbonyl (C=O) groups is 3. The molecule has 10 heteroatoms. The fourth-order valence-corrected chi connectivity index (χ4v) is 5.65. The summed E-state index contributed by atoms with van der Waals surface area (Å²) in [6.45, 7) is 4.05. The molecule has 4 bridgehead atoms. The van der Waals surface area contributed by atoms with Gasteiger partial charge in [0.2, 0.25) is 5.91 Å². The van der Waals surface area contributed by atoms with Gasteiger partial charge in [-0.1, -0.05) is 25.0 Å². The summed E-state index contributed by atoms with van der Waals surface area (Å²) < 4.78 is 17.4. The van der Waals surface area contributed by atoms with Crippen LogP contribution < -0.4 is 24.8 Å². The van der Waals surface area contributed by atoms with Gasteiger partial charge < -0.3 is 34.6 Å². The molecule has 0 unspecified atom stereocenters. The minimum atomic E-state index is -0.413. The number of hydrogen-bond acceptors (Lipinski definition) is 7. The molecule has 0 saturated carbocycles. The van der Waals surface area contributed by atoms with Gasteiger partial charge in [-0.2, -0.15) is 0 Å². The molecule has 4 heterocycles. The van der Waals surface area contributed by atoms with Crippen LogP contribution in [0.5, 0.6) is 17.2 Å². The first kappa shape index (κ1) is 28.7. The van der Waals surface area contributed by atoms with E-state index >= 15 is 0 Å². The third-order valence-electron chi connectivity index (χ3n) is 7.98. The van der Waals surface area contributed by atoms with Crippen molar-refractivity contribution >= 4 is 17.7 Å². The van der Waals surface area contributed by atoms with Gasteiger partial charge >= 0.3 is 0 Å². The molecule has 2 aromatic rings. The second kappa shape index (κ2) is 13.7. The fourth-order valence-electron chi connectivity index (χ4n) is 5.65. The Morgan fingerprint density at radius 3 is 2.56 bits per heavy atom. The van der Waals surface area contributed by atoms with Crippen molar-refractivity contribution in [3.8, 4) is 17.2 Å². The Balaban J connectivity index is 1.30. The summed E-state index contributed by atoms with van der Waals surface area (Å²) in [5.74, 6) is 0.816. The van der Waals surface area contributed by atoms with Gasteiger partial charge in [0, 0.05) is 25.1 Å². The average molecular weight is 565 g/mol. The first-order valence-electron chi connectivity index (χ1n) is 14.6. The standard InChI is InChI=1S/C31H40N4O6/c1-39-26-13-10-23-17-27(26)40-21-29(36)32-18-22-8-11-24(12-9-22)41-28-20-35(19-25(28)33-31(23)38)30(37)7-6-16-34-14-4-2-3-5-15-34/h8-13,17,25,28H,2-7,14-16,18-21H2,1H3,(H,32,36)(H,33,38)/t25-,28-/m0/s1. The van der Waals surface area contributed by atoms with Gasteiger partial charge in [0.15, 0.2) is 18.1 Å². The Kier molecular flexibility index (Phi) is 9.61. The third kappa shape index (κ3) is 7.70. The Labute approximate surface area is 241 Å². The lowest BCUT2D eigenvalue weighted by atomic mass is 10.1. The molecule has 41 heavy (non-hydrogen) atoms. The molecule has 0 radical (unpaired) electrons. The number of benzene rings is 2. The van der Waals surface area contributed by atoms with E-state index in [9.17, 15) is 14.4 Å². The molecule has 2 saturated heterocycles. The summed E-state index contributed by atoms with van der Waals surface area (Å²) in [7, 11) is 1.50. The van der Waals surface area contributed by atoms with Crippen LogP contribution in [0.1, 0.15) is 54.4 Å². The van der Waals surface area contributed by atoms with Gasteiger partial charge in [-0.3, -0.25) is 14.4 Å². The summed E-state index contributed by atoms with van der Waals surface area (Å²) in [5, 5.41) is 5.91. The van der Waals surface area contributed by atoms with Crippen molar-refractivity contribution in [2.24, 2.45) is 0 Å². The Bertz CT molecular complexity index is 1210. The first-order chi connectivity index (χ1) is 20.0. The molecular formula is C31H40N4O6. The number of carbonyl (C=O) groups excluding carboxylic acids is 3. The molecule has 0 aliphatic carbocycles. The van der Waals surface area contributed by atoms with Crippen molar-refractivity contribution in [3.05, 3.63) is 53.6 Å². The van der Waals surface area contributed by atoms with Gasteiger partial charge in [-0.15, -0.1) is 0 Å². The number of nitrogens with one attached hydrogen (secondary N) is 2. The van der Waals surface area contributed by atoms with Crippen LogP contribution in [-0.2, 0) is 16.1 Å². The summed E-state index contributed by atoms with van der Waals surface area (Å²) in [6, 6.07) is 11.9. The highest BCUT2D eigenvalue weighted by Crippen LogP contribution is 2.29. The molecule has 2 aromatic carbocycles. The van der Waals surface area contributed by atoms with Crippen molar-refractivity contribution in [3.63, 3.8) is 0 Å². The monoisotopic (exact) mass is 564 g/mol. The number of ether oxygens (including phenoxy) is 3. The van der Waals surface area contributed by atoms with E-state index < -0.39 is 12.1 Å². The third-order valence-corrected chi connectivity index (χ3v) is 7.98. The lowest BCUT2D eigenvalue weighted by molar-refractivity contribution is -0.130. The van der Waals surface area contributed by atoms with Crippen LogP contribution in [0.4, 0.5) is 0 Å². The number of likely N-dealkylation sites (tertiary alicyclic amines) is 2. The van der Waals surface area contributed by atoms with E-state index in [1.807, 2.05) is 29.2 Å². The van der Waals surface area contributed by atoms with Gasteiger partial charge in [0.25, 0.3) is 11.8 Å². The zero-order valence-corrected chi connectivity index (χ0v) is 23.7. The zero-order valence-electron chi connectivity index (χ0n) is 23.7. The molecule has 220 valence electrons. The maximum Gasteiger partial charge on any atom is 0.258 e. The molecular weight excluding hydrogens is 524 g/mol. The molecule has 3 amide bonds. The maximum absolute atomic E-state index is 13.4. The number of hydrogen-bond donors (Lipinski definition) is 2. The predicted octanol–water partition coefficient (Wildman–Crippen LogP) is 2.75. The summed E-state index contributed by atoms with van der Waals surface area (Å²) in [4.78, 5) is 43.2. The van der Waals surface area contributed by atoms with Crippen LogP contribution in [0.2, 0.25) is 0 Å². The second-order valence-electron chi connectivity index (χ2n) is 11.0. The van der Waals surface area contributed by atoms with Gasteiger partial charge in [0.05, 0.1) is 19.7 Å². The highest BCUT2D eigenvalue weighted by Gasteiger charge is 2.38. The van der Waals surface area contributed by atoms with Crippen LogP contribution in [-0.4, -0.2) is 86.1 Å². The molecule has 4 aliphatic heterocycles. The van der Waals surface area contributed by atoms with E-state index in [-0.39, 0.29) is 24.3 Å². The number of methoxy groups -OCH3 is 1. The SMILES string of the molecule is COc1ccc2cc1OCC(=O)NCc1ccc(cc1)O[C@H]1CN(C(=O)CCCN3CCCCCC3)C[C@@H]1NC2=O. The second-order valence-corrected chi connectivity index (χ2v) is 11.0. The smallest absolute Gasteiger partial charge is 0.258 e. The minimum Gasteiger partial charge on any atom is -0.493 e. The van der Waals surface area contributed by atoms with Crippen LogP contribution >= 0.6 is 0 Å². The molecule has 2 atom stereocenters. The minimum absolute atomic E-state index is 0.0820. The van der Waals surface area contributed by atoms with Crippen LogP contribution in [0, 0.1) is 0 Å². The Morgan fingerprint density at radius 2 is 1.80 bits per heavy atom. The summed E-state index contributed by atoms with van der Waals surface area (Å²) >= 11 is 0. The molecule has 2 fully saturated rings. The lowest BCUT2D eigenvalue weighted by Gasteiger charge is -2.21. The van der Waals surface area contributed by atoms with Crippen molar-refractivity contribution in [1.29, 1.82) is 0 Å². The summed E-state index contributed by atoms with van der Waals surface area (Å²) in [6.07, 6.45) is 5.94. The van der Waals surface area contributed by atoms with Crippen LogP contribution in [0.15, 0.2) is 42.5 Å².